The molecule has 1 amide bonds. The minimum Gasteiger partial charge on any atom is -0.481 e. The molecule has 0 spiro atoms. The molecule has 52 heavy (non-hydrogen) atoms. The summed E-state index contributed by atoms with van der Waals surface area (Å²) in [6.45, 7) is 13.4. The molecule has 0 saturated heterocycles. The molecule has 8 bridgehead atoms. The largest absolute Gasteiger partial charge is 0.481 e. The van der Waals surface area contributed by atoms with E-state index in [4.69, 9.17) is 15.1 Å². The molecule has 0 aromatic carbocycles. The van der Waals surface area contributed by atoms with E-state index in [1.807, 2.05) is 39.8 Å². The highest BCUT2D eigenvalue weighted by Gasteiger charge is 2.34. The Morgan fingerprint density at radius 2 is 1.60 bits per heavy atom. The van der Waals surface area contributed by atoms with Gasteiger partial charge in [-0.25, -0.2) is 14.6 Å². The fourth-order valence-electron chi connectivity index (χ4n) is 7.18. The van der Waals surface area contributed by atoms with Crippen molar-refractivity contribution in [1.82, 2.24) is 25.3 Å². The Bertz CT molecular complexity index is 2240. The van der Waals surface area contributed by atoms with Crippen LogP contribution in [0.15, 0.2) is 24.8 Å². The average molecular weight is 712 g/mol. The van der Waals surface area contributed by atoms with Gasteiger partial charge < -0.3 is 35.7 Å². The molecule has 2 aliphatic heterocycles. The Labute approximate surface area is 298 Å². The summed E-state index contributed by atoms with van der Waals surface area (Å²) in [7, 11) is 0. The number of carboxylic acid groups (broad SMARTS) is 4. The van der Waals surface area contributed by atoms with Crippen LogP contribution in [0.25, 0.3) is 39.3 Å². The Morgan fingerprint density at radius 3 is 2.19 bits per heavy atom. The number of carbonyl (C=O) groups excluding carboxylic acids is 1. The number of aryl methyl sites for hydroxylation is 2. The van der Waals surface area contributed by atoms with E-state index in [0.717, 1.165) is 33.5 Å². The van der Waals surface area contributed by atoms with Gasteiger partial charge in [-0.2, -0.15) is 0 Å². The first-order chi connectivity index (χ1) is 24.6. The number of nitrogens with one attached hydrogen (secondary N) is 3. The van der Waals surface area contributed by atoms with Crippen LogP contribution in [-0.4, -0.2) is 76.2 Å². The van der Waals surface area contributed by atoms with E-state index in [0.29, 0.717) is 34.4 Å². The molecule has 0 fully saturated rings. The van der Waals surface area contributed by atoms with Gasteiger partial charge in [-0.05, 0) is 74.1 Å². The lowest BCUT2D eigenvalue weighted by molar-refractivity contribution is -0.147. The van der Waals surface area contributed by atoms with Crippen LogP contribution in [0, 0.1) is 13.8 Å². The van der Waals surface area contributed by atoms with Crippen molar-refractivity contribution >= 4 is 69.1 Å². The minimum atomic E-state index is -1.65. The topological polar surface area (TPSA) is 236 Å². The van der Waals surface area contributed by atoms with Gasteiger partial charge in [-0.1, -0.05) is 26.5 Å². The van der Waals surface area contributed by atoms with Crippen LogP contribution in [0.1, 0.15) is 114 Å². The third-order valence-electron chi connectivity index (χ3n) is 9.97. The summed E-state index contributed by atoms with van der Waals surface area (Å²) in [5.41, 5.74) is 8.19. The first kappa shape index (κ1) is 37.2. The Kier molecular flexibility index (Phi) is 10.5. The standard InChI is InChI=1S/C38H41N5O9/c1-7-20-16(3)24-12-26-18(5)22(9-10-31(44)41-30(37(49)50)15-33(47)48)35(42-26)23(11-32(45)46)36-34(38(51)52)19(6)27(43-36)14-29-21(8-2)17(4)25(40-29)13-28(20)39-24/h7,12-14,18,22,30,39,43H,1,8-11,15H2,2-6H3,(H,41,44)(H,45,46)(H,47,48)(H,49,50)(H,51,52)/t18-,22-,30?/m0/s1. The highest BCUT2D eigenvalue weighted by atomic mass is 16.4. The van der Waals surface area contributed by atoms with Gasteiger partial charge in [0.2, 0.25) is 5.91 Å². The fourth-order valence-corrected chi connectivity index (χ4v) is 7.18. The zero-order chi connectivity index (χ0) is 38.2. The lowest BCUT2D eigenvalue weighted by Crippen LogP contribution is -2.42. The van der Waals surface area contributed by atoms with E-state index in [1.165, 1.54) is 0 Å². The maximum absolute atomic E-state index is 13.0. The second kappa shape index (κ2) is 14.7. The van der Waals surface area contributed by atoms with Gasteiger partial charge >= 0.3 is 23.9 Å². The molecule has 272 valence electrons. The highest BCUT2D eigenvalue weighted by molar-refractivity contribution is 6.03. The van der Waals surface area contributed by atoms with Crippen LogP contribution in [0.5, 0.6) is 0 Å². The number of nitrogens with zero attached hydrogens (tertiary/aromatic N) is 2. The number of fused-ring (bicyclic) bond motifs is 8. The summed E-state index contributed by atoms with van der Waals surface area (Å²) in [5.74, 6) is -7.15. The number of amides is 1. The van der Waals surface area contributed by atoms with Gasteiger partial charge in [-0.3, -0.25) is 19.4 Å². The average Bonchev–Trinajstić information content (AvgIpc) is 3.74. The molecule has 2 aliphatic rings. The van der Waals surface area contributed by atoms with Crippen molar-refractivity contribution in [2.75, 3.05) is 0 Å². The second-order valence-electron chi connectivity index (χ2n) is 13.1. The van der Waals surface area contributed by atoms with Crippen molar-refractivity contribution in [3.05, 3.63) is 75.4 Å². The number of carbonyl (C=O) groups is 5. The van der Waals surface area contributed by atoms with Crippen molar-refractivity contribution in [3.8, 4) is 0 Å². The third kappa shape index (κ3) is 7.09. The zero-order valence-electron chi connectivity index (χ0n) is 29.5. The lowest BCUT2D eigenvalue weighted by atomic mass is 9.85. The van der Waals surface area contributed by atoms with E-state index in [-0.39, 0.29) is 35.2 Å². The molecular weight excluding hydrogens is 670 g/mol. The molecular formula is C38H41N5O9. The summed E-state index contributed by atoms with van der Waals surface area (Å²) >= 11 is 0. The molecule has 0 saturated carbocycles. The van der Waals surface area contributed by atoms with Crippen molar-refractivity contribution in [2.45, 2.75) is 84.6 Å². The van der Waals surface area contributed by atoms with Crippen LogP contribution in [-0.2, 0) is 25.6 Å². The Balaban J connectivity index is 1.85. The SMILES string of the molecule is C=Cc1c(C)c2cc3nc(c(CC(=O)O)c4[nH]c(cc5nc(cc1[nH]2)C(C)=C5CC)c(C)c4C(=O)O)[C@@H](CCC(=O)NC(CC(=O)O)C(=O)O)[C@@H]3C. The zero-order valence-corrected chi connectivity index (χ0v) is 29.5. The molecule has 5 heterocycles. The lowest BCUT2D eigenvalue weighted by Gasteiger charge is -2.19. The summed E-state index contributed by atoms with van der Waals surface area (Å²) in [6, 6.07) is 3.90. The predicted octanol–water partition coefficient (Wildman–Crippen LogP) is 5.95. The number of aromatic nitrogens is 4. The molecule has 0 aliphatic carbocycles. The van der Waals surface area contributed by atoms with Crippen LogP contribution in [0.2, 0.25) is 0 Å². The van der Waals surface area contributed by atoms with Crippen LogP contribution in [0.4, 0.5) is 0 Å². The normalized spacial score (nSPS) is 16.0. The van der Waals surface area contributed by atoms with Gasteiger partial charge in [0.1, 0.15) is 6.04 Å². The number of hydrogen-bond acceptors (Lipinski definition) is 7. The first-order valence-electron chi connectivity index (χ1n) is 16.8. The van der Waals surface area contributed by atoms with Crippen molar-refractivity contribution in [2.24, 2.45) is 0 Å². The summed E-state index contributed by atoms with van der Waals surface area (Å²) in [5, 5.41) is 41.5. The highest BCUT2D eigenvalue weighted by Crippen LogP contribution is 2.43. The number of hydrogen-bond donors (Lipinski definition) is 7. The molecule has 3 aromatic rings. The Morgan fingerprint density at radius 1 is 0.923 bits per heavy atom. The molecule has 14 nitrogen and oxygen atoms in total. The first-order valence-corrected chi connectivity index (χ1v) is 16.8. The van der Waals surface area contributed by atoms with Gasteiger partial charge in [0.15, 0.2) is 0 Å². The quantitative estimate of drug-likeness (QED) is 0.116. The molecule has 5 rings (SSSR count). The number of aromatic amines is 2. The van der Waals surface area contributed by atoms with E-state index >= 15 is 0 Å². The van der Waals surface area contributed by atoms with E-state index in [1.54, 1.807) is 19.1 Å². The smallest absolute Gasteiger partial charge is 0.338 e. The second-order valence-corrected chi connectivity index (χ2v) is 13.1. The molecule has 3 aromatic heterocycles. The maximum atomic E-state index is 13.0. The third-order valence-corrected chi connectivity index (χ3v) is 9.97. The number of aromatic carboxylic acids is 1. The van der Waals surface area contributed by atoms with Crippen molar-refractivity contribution < 1.29 is 44.4 Å². The monoisotopic (exact) mass is 711 g/mol. The van der Waals surface area contributed by atoms with Gasteiger partial charge in [-0.15, -0.1) is 0 Å². The van der Waals surface area contributed by atoms with Crippen LogP contribution in [0.3, 0.4) is 0 Å². The molecule has 14 heteroatoms. The van der Waals surface area contributed by atoms with Crippen molar-refractivity contribution in [1.29, 1.82) is 0 Å². The predicted molar refractivity (Wildman–Crippen MR) is 194 cm³/mol. The molecule has 7 N–H and O–H groups in total. The number of aliphatic carboxylic acids is 3. The number of allylic oxidation sites excluding steroid dienone is 2. The molecule has 3 atom stereocenters. The van der Waals surface area contributed by atoms with E-state index in [2.05, 4.69) is 21.9 Å². The van der Waals surface area contributed by atoms with Gasteiger partial charge in [0.05, 0.1) is 41.0 Å². The summed E-state index contributed by atoms with van der Waals surface area (Å²) in [6.07, 6.45) is 0.801. The molecule has 1 unspecified atom stereocenters. The van der Waals surface area contributed by atoms with E-state index < -0.39 is 60.5 Å². The van der Waals surface area contributed by atoms with Gasteiger partial charge in [0.25, 0.3) is 0 Å². The molecule has 0 radical (unpaired) electrons. The van der Waals surface area contributed by atoms with Gasteiger partial charge in [0, 0.05) is 51.6 Å². The van der Waals surface area contributed by atoms with Crippen molar-refractivity contribution in [3.63, 3.8) is 0 Å². The fraction of sp³-hybridized carbons (Fsp3) is 0.342. The maximum Gasteiger partial charge on any atom is 0.338 e. The minimum absolute atomic E-state index is 0.0620. The van der Waals surface area contributed by atoms with E-state index in [9.17, 15) is 39.3 Å². The number of rotatable bonds is 12. The Hall–Kier alpha value is -6.05. The van der Waals surface area contributed by atoms with Crippen LogP contribution < -0.4 is 5.32 Å². The summed E-state index contributed by atoms with van der Waals surface area (Å²) in [4.78, 5) is 77.7. The number of H-pyrrole nitrogens is 2. The van der Waals surface area contributed by atoms with Crippen LogP contribution >= 0.6 is 0 Å². The summed E-state index contributed by atoms with van der Waals surface area (Å²) < 4.78 is 0. The number of carboxylic acids is 4.